The summed E-state index contributed by atoms with van der Waals surface area (Å²) in [6.45, 7) is 1.93. The Bertz CT molecular complexity index is 893. The number of methoxy groups -OCH3 is 1. The number of carbonyl (C=O) groups is 1. The van der Waals surface area contributed by atoms with Gasteiger partial charge >= 0.3 is 5.97 Å². The van der Waals surface area contributed by atoms with E-state index in [1.165, 1.54) is 7.11 Å². The highest BCUT2D eigenvalue weighted by Crippen LogP contribution is 2.28. The van der Waals surface area contributed by atoms with Crippen LogP contribution < -0.4 is 5.32 Å². The molecule has 0 saturated carbocycles. The SMILES string of the molecule is COC(=O)c1ccc2nc(C)cc(Nc3cccc(Cl)c3)c2c1. The molecule has 0 atom stereocenters. The van der Waals surface area contributed by atoms with Gasteiger partial charge in [-0.25, -0.2) is 4.79 Å². The predicted octanol–water partition coefficient (Wildman–Crippen LogP) is 4.73. The van der Waals surface area contributed by atoms with Gasteiger partial charge in [0.25, 0.3) is 0 Å². The first-order chi connectivity index (χ1) is 11.1. The Hall–Kier alpha value is -2.59. The molecule has 116 valence electrons. The number of hydrogen-bond acceptors (Lipinski definition) is 4. The molecule has 3 aromatic rings. The molecule has 0 radical (unpaired) electrons. The largest absolute Gasteiger partial charge is 0.465 e. The minimum absolute atomic E-state index is 0.374. The molecule has 1 heterocycles. The highest BCUT2D eigenvalue weighted by molar-refractivity contribution is 6.30. The van der Waals surface area contributed by atoms with E-state index in [9.17, 15) is 4.79 Å². The molecule has 0 bridgehead atoms. The number of halogens is 1. The van der Waals surface area contributed by atoms with Gasteiger partial charge in [0.2, 0.25) is 0 Å². The second-order valence-corrected chi connectivity index (χ2v) is 5.61. The topological polar surface area (TPSA) is 51.2 Å². The maximum atomic E-state index is 11.8. The number of benzene rings is 2. The first-order valence-corrected chi connectivity index (χ1v) is 7.47. The number of rotatable bonds is 3. The van der Waals surface area contributed by atoms with Crippen LogP contribution in [0.5, 0.6) is 0 Å². The second kappa shape index (κ2) is 6.26. The Labute approximate surface area is 139 Å². The van der Waals surface area contributed by atoms with Gasteiger partial charge in [0.05, 0.1) is 18.2 Å². The number of nitrogens with one attached hydrogen (secondary N) is 1. The van der Waals surface area contributed by atoms with E-state index >= 15 is 0 Å². The van der Waals surface area contributed by atoms with E-state index in [4.69, 9.17) is 16.3 Å². The lowest BCUT2D eigenvalue weighted by Crippen LogP contribution is -2.02. The van der Waals surface area contributed by atoms with E-state index in [0.29, 0.717) is 10.6 Å². The van der Waals surface area contributed by atoms with Crippen molar-refractivity contribution < 1.29 is 9.53 Å². The fraction of sp³-hybridized carbons (Fsp3) is 0.111. The highest BCUT2D eigenvalue weighted by atomic mass is 35.5. The number of nitrogens with zero attached hydrogens (tertiary/aromatic N) is 1. The van der Waals surface area contributed by atoms with Crippen molar-refractivity contribution in [2.75, 3.05) is 12.4 Å². The van der Waals surface area contributed by atoms with Crippen molar-refractivity contribution in [2.24, 2.45) is 0 Å². The summed E-state index contributed by atoms with van der Waals surface area (Å²) in [4.78, 5) is 16.3. The normalized spacial score (nSPS) is 10.6. The van der Waals surface area contributed by atoms with Crippen molar-refractivity contribution in [2.45, 2.75) is 6.92 Å². The molecule has 0 spiro atoms. The first-order valence-electron chi connectivity index (χ1n) is 7.09. The Morgan fingerprint density at radius 2 is 2.00 bits per heavy atom. The zero-order chi connectivity index (χ0) is 16.4. The van der Waals surface area contributed by atoms with Gasteiger partial charge in [-0.3, -0.25) is 4.98 Å². The minimum Gasteiger partial charge on any atom is -0.465 e. The second-order valence-electron chi connectivity index (χ2n) is 5.17. The van der Waals surface area contributed by atoms with Gasteiger partial charge in [-0.05, 0) is 49.4 Å². The molecule has 0 aliphatic carbocycles. The Morgan fingerprint density at radius 1 is 1.17 bits per heavy atom. The van der Waals surface area contributed by atoms with Crippen LogP contribution in [0, 0.1) is 6.92 Å². The standard InChI is InChI=1S/C18H15ClN2O2/c1-11-8-17(21-14-5-3-4-13(19)10-14)15-9-12(18(22)23-2)6-7-16(15)20-11/h3-10H,1-2H3,(H,20,21). The Balaban J connectivity index is 2.12. The van der Waals surface area contributed by atoms with Crippen LogP contribution in [0.3, 0.4) is 0 Å². The average Bonchev–Trinajstić information content (AvgIpc) is 2.53. The van der Waals surface area contributed by atoms with Crippen LogP contribution >= 0.6 is 11.6 Å². The molecular formula is C18H15ClN2O2. The summed E-state index contributed by atoms with van der Waals surface area (Å²) in [7, 11) is 1.37. The monoisotopic (exact) mass is 326 g/mol. The number of hydrogen-bond donors (Lipinski definition) is 1. The molecule has 1 aromatic heterocycles. The number of aromatic nitrogens is 1. The van der Waals surface area contributed by atoms with Gasteiger partial charge in [0.15, 0.2) is 0 Å². The first kappa shape index (κ1) is 15.3. The van der Waals surface area contributed by atoms with Crippen LogP contribution in [0.15, 0.2) is 48.5 Å². The number of carbonyl (C=O) groups excluding carboxylic acids is 1. The van der Waals surface area contributed by atoms with Gasteiger partial charge in [-0.2, -0.15) is 0 Å². The molecule has 4 nitrogen and oxygen atoms in total. The van der Waals surface area contributed by atoms with E-state index in [1.54, 1.807) is 12.1 Å². The van der Waals surface area contributed by atoms with E-state index in [-0.39, 0.29) is 5.97 Å². The van der Waals surface area contributed by atoms with Gasteiger partial charge < -0.3 is 10.1 Å². The van der Waals surface area contributed by atoms with E-state index in [2.05, 4.69) is 10.3 Å². The van der Waals surface area contributed by atoms with Gasteiger partial charge in [-0.1, -0.05) is 17.7 Å². The molecule has 3 rings (SSSR count). The lowest BCUT2D eigenvalue weighted by Gasteiger charge is -2.12. The Morgan fingerprint density at radius 3 is 2.74 bits per heavy atom. The van der Waals surface area contributed by atoms with Gasteiger partial charge in [0, 0.05) is 27.5 Å². The molecule has 0 amide bonds. The lowest BCUT2D eigenvalue weighted by atomic mass is 10.1. The molecule has 23 heavy (non-hydrogen) atoms. The van der Waals surface area contributed by atoms with Gasteiger partial charge in [0.1, 0.15) is 0 Å². The number of esters is 1. The lowest BCUT2D eigenvalue weighted by molar-refractivity contribution is 0.0601. The van der Waals surface area contributed by atoms with Crippen molar-refractivity contribution in [1.29, 1.82) is 0 Å². The fourth-order valence-electron chi connectivity index (χ4n) is 2.43. The summed E-state index contributed by atoms with van der Waals surface area (Å²) < 4.78 is 4.79. The van der Waals surface area contributed by atoms with Crippen LogP contribution in [0.25, 0.3) is 10.9 Å². The summed E-state index contributed by atoms with van der Waals surface area (Å²) in [5.74, 6) is -0.374. The predicted molar refractivity (Wildman–Crippen MR) is 92.6 cm³/mol. The molecular weight excluding hydrogens is 312 g/mol. The summed E-state index contributed by atoms with van der Waals surface area (Å²) in [6, 6.07) is 14.7. The molecule has 0 saturated heterocycles. The maximum Gasteiger partial charge on any atom is 0.337 e. The molecule has 0 aliphatic rings. The summed E-state index contributed by atoms with van der Waals surface area (Å²) in [5.41, 5.74) is 3.91. The van der Waals surface area contributed by atoms with E-state index in [0.717, 1.165) is 28.0 Å². The van der Waals surface area contributed by atoms with Crippen LogP contribution in [0.2, 0.25) is 5.02 Å². The van der Waals surface area contributed by atoms with Crippen molar-refractivity contribution >= 4 is 39.8 Å². The summed E-state index contributed by atoms with van der Waals surface area (Å²) >= 11 is 6.03. The van der Waals surface area contributed by atoms with Crippen molar-refractivity contribution in [1.82, 2.24) is 4.98 Å². The average molecular weight is 327 g/mol. The van der Waals surface area contributed by atoms with Crippen LogP contribution in [0.1, 0.15) is 16.1 Å². The third-order valence-electron chi connectivity index (χ3n) is 3.46. The number of pyridine rings is 1. The molecule has 0 fully saturated rings. The Kier molecular flexibility index (Phi) is 4.17. The number of ether oxygens (including phenoxy) is 1. The van der Waals surface area contributed by atoms with Crippen LogP contribution in [-0.4, -0.2) is 18.1 Å². The zero-order valence-electron chi connectivity index (χ0n) is 12.8. The zero-order valence-corrected chi connectivity index (χ0v) is 13.5. The minimum atomic E-state index is -0.374. The summed E-state index contributed by atoms with van der Waals surface area (Å²) in [6.07, 6.45) is 0. The fourth-order valence-corrected chi connectivity index (χ4v) is 2.62. The highest BCUT2D eigenvalue weighted by Gasteiger charge is 2.10. The number of anilines is 2. The molecule has 2 aromatic carbocycles. The molecule has 0 aliphatic heterocycles. The third-order valence-corrected chi connectivity index (χ3v) is 3.70. The quantitative estimate of drug-likeness (QED) is 0.707. The maximum absolute atomic E-state index is 11.8. The smallest absolute Gasteiger partial charge is 0.337 e. The number of aryl methyl sites for hydroxylation is 1. The molecule has 1 N–H and O–H groups in total. The van der Waals surface area contributed by atoms with E-state index < -0.39 is 0 Å². The van der Waals surface area contributed by atoms with Gasteiger partial charge in [-0.15, -0.1) is 0 Å². The van der Waals surface area contributed by atoms with Crippen LogP contribution in [-0.2, 0) is 4.74 Å². The molecule has 5 heteroatoms. The van der Waals surface area contributed by atoms with Crippen LogP contribution in [0.4, 0.5) is 11.4 Å². The number of fused-ring (bicyclic) bond motifs is 1. The van der Waals surface area contributed by atoms with E-state index in [1.807, 2.05) is 43.3 Å². The van der Waals surface area contributed by atoms with Crippen molar-refractivity contribution in [3.63, 3.8) is 0 Å². The molecule has 0 unspecified atom stereocenters. The third kappa shape index (κ3) is 3.27. The van der Waals surface area contributed by atoms with Crippen molar-refractivity contribution in [3.8, 4) is 0 Å². The van der Waals surface area contributed by atoms with Crippen molar-refractivity contribution in [3.05, 3.63) is 64.8 Å². The summed E-state index contributed by atoms with van der Waals surface area (Å²) in [5, 5.41) is 4.84.